The predicted molar refractivity (Wildman–Crippen MR) is 96.0 cm³/mol. The summed E-state index contributed by atoms with van der Waals surface area (Å²) in [6.45, 7) is 0.843. The molecule has 2 aromatic carbocycles. The molecule has 2 aromatic rings. The van der Waals surface area contributed by atoms with E-state index in [0.29, 0.717) is 41.8 Å². The highest BCUT2D eigenvalue weighted by atomic mass is 35.5. The maximum atomic E-state index is 11.9. The van der Waals surface area contributed by atoms with Crippen LogP contribution in [0, 0.1) is 0 Å². The summed E-state index contributed by atoms with van der Waals surface area (Å²) in [5.41, 5.74) is 0.942. The van der Waals surface area contributed by atoms with Crippen LogP contribution in [0.2, 0.25) is 10.0 Å². The Morgan fingerprint density at radius 3 is 2.67 bits per heavy atom. The lowest BCUT2D eigenvalue weighted by Crippen LogP contribution is -2.23. The Labute approximate surface area is 151 Å². The number of hydrogen-bond donors (Lipinski definition) is 1. The van der Waals surface area contributed by atoms with Gasteiger partial charge in [-0.25, -0.2) is 0 Å². The summed E-state index contributed by atoms with van der Waals surface area (Å²) >= 11 is 11.8. The average Bonchev–Trinajstić information content (AvgIpc) is 2.58. The highest BCUT2D eigenvalue weighted by Crippen LogP contribution is 2.27. The molecule has 4 nitrogen and oxygen atoms in total. The predicted octanol–water partition coefficient (Wildman–Crippen LogP) is 4.48. The molecule has 24 heavy (non-hydrogen) atoms. The molecule has 0 saturated carbocycles. The largest absolute Gasteiger partial charge is 0.496 e. The third-order valence-corrected chi connectivity index (χ3v) is 3.90. The standard InChI is InChI=1S/C18H19Cl2NO3/c1-23-16-6-3-2-5-13(16)12-21-18(22)7-4-10-24-17-9-8-14(19)11-15(17)20/h2-3,5-6,8-9,11H,4,7,10,12H2,1H3,(H,21,22). The maximum absolute atomic E-state index is 11.9. The number of hydrogen-bond acceptors (Lipinski definition) is 3. The van der Waals surface area contributed by atoms with E-state index in [1.165, 1.54) is 0 Å². The number of carbonyl (C=O) groups excluding carboxylic acids is 1. The van der Waals surface area contributed by atoms with Crippen molar-refractivity contribution in [3.8, 4) is 11.5 Å². The van der Waals surface area contributed by atoms with E-state index in [1.807, 2.05) is 24.3 Å². The third kappa shape index (κ3) is 5.62. The molecular formula is C18H19Cl2NO3. The molecule has 6 heteroatoms. The minimum atomic E-state index is -0.0355. The van der Waals surface area contributed by atoms with Gasteiger partial charge in [0, 0.05) is 23.6 Å². The third-order valence-electron chi connectivity index (χ3n) is 3.37. The van der Waals surface area contributed by atoms with Gasteiger partial charge >= 0.3 is 0 Å². The van der Waals surface area contributed by atoms with Gasteiger partial charge < -0.3 is 14.8 Å². The van der Waals surface area contributed by atoms with Crippen molar-refractivity contribution in [3.63, 3.8) is 0 Å². The van der Waals surface area contributed by atoms with Crippen molar-refractivity contribution in [2.24, 2.45) is 0 Å². The first-order chi connectivity index (χ1) is 11.6. The van der Waals surface area contributed by atoms with E-state index in [2.05, 4.69) is 5.32 Å². The van der Waals surface area contributed by atoms with Crippen LogP contribution in [0.25, 0.3) is 0 Å². The molecule has 2 rings (SSSR count). The molecule has 0 bridgehead atoms. The summed E-state index contributed by atoms with van der Waals surface area (Å²) in [7, 11) is 1.61. The summed E-state index contributed by atoms with van der Waals surface area (Å²) in [4.78, 5) is 11.9. The van der Waals surface area contributed by atoms with E-state index >= 15 is 0 Å². The SMILES string of the molecule is COc1ccccc1CNC(=O)CCCOc1ccc(Cl)cc1Cl. The molecule has 0 aliphatic heterocycles. The second-order valence-electron chi connectivity index (χ2n) is 5.12. The van der Waals surface area contributed by atoms with Crippen molar-refractivity contribution >= 4 is 29.1 Å². The molecule has 0 aliphatic rings. The fraction of sp³-hybridized carbons (Fsp3) is 0.278. The molecule has 0 fully saturated rings. The fourth-order valence-electron chi connectivity index (χ4n) is 2.14. The van der Waals surface area contributed by atoms with Crippen LogP contribution in [-0.2, 0) is 11.3 Å². The normalized spacial score (nSPS) is 10.3. The Balaban J connectivity index is 1.70. The van der Waals surface area contributed by atoms with Crippen molar-refractivity contribution < 1.29 is 14.3 Å². The Bertz CT molecular complexity index is 692. The number of methoxy groups -OCH3 is 1. The van der Waals surface area contributed by atoms with Gasteiger partial charge in [-0.05, 0) is 30.7 Å². The number of nitrogens with one attached hydrogen (secondary N) is 1. The van der Waals surface area contributed by atoms with Gasteiger partial charge in [-0.1, -0.05) is 41.4 Å². The van der Waals surface area contributed by atoms with Gasteiger partial charge in [-0.2, -0.15) is 0 Å². The van der Waals surface area contributed by atoms with Crippen LogP contribution >= 0.6 is 23.2 Å². The molecule has 0 aliphatic carbocycles. The summed E-state index contributed by atoms with van der Waals surface area (Å²) in [5, 5.41) is 3.89. The van der Waals surface area contributed by atoms with Gasteiger partial charge in [0.1, 0.15) is 11.5 Å². The van der Waals surface area contributed by atoms with E-state index < -0.39 is 0 Å². The molecule has 0 aromatic heterocycles. The molecule has 0 unspecified atom stereocenters. The van der Waals surface area contributed by atoms with Gasteiger partial charge in [0.25, 0.3) is 0 Å². The zero-order valence-corrected chi connectivity index (χ0v) is 14.9. The average molecular weight is 368 g/mol. The maximum Gasteiger partial charge on any atom is 0.220 e. The minimum absolute atomic E-state index is 0.0355. The van der Waals surface area contributed by atoms with Crippen molar-refractivity contribution in [2.75, 3.05) is 13.7 Å². The number of rotatable bonds is 8. The minimum Gasteiger partial charge on any atom is -0.496 e. The Hall–Kier alpha value is -1.91. The summed E-state index contributed by atoms with van der Waals surface area (Å²) in [5.74, 6) is 1.29. The molecule has 0 radical (unpaired) electrons. The molecule has 1 amide bonds. The van der Waals surface area contributed by atoms with Crippen LogP contribution in [-0.4, -0.2) is 19.6 Å². The lowest BCUT2D eigenvalue weighted by molar-refractivity contribution is -0.121. The van der Waals surface area contributed by atoms with E-state index in [9.17, 15) is 4.79 Å². The quantitative estimate of drug-likeness (QED) is 0.699. The fourth-order valence-corrected chi connectivity index (χ4v) is 2.60. The first kappa shape index (κ1) is 18.4. The van der Waals surface area contributed by atoms with E-state index in [1.54, 1.807) is 25.3 Å². The van der Waals surface area contributed by atoms with E-state index in [-0.39, 0.29) is 5.91 Å². The lowest BCUT2D eigenvalue weighted by Gasteiger charge is -2.10. The van der Waals surface area contributed by atoms with Gasteiger partial charge in [0.05, 0.1) is 18.7 Å². The molecule has 128 valence electrons. The van der Waals surface area contributed by atoms with Gasteiger partial charge in [-0.3, -0.25) is 4.79 Å². The zero-order valence-electron chi connectivity index (χ0n) is 13.4. The van der Waals surface area contributed by atoms with Crippen LogP contribution in [0.3, 0.4) is 0 Å². The Kier molecular flexibility index (Phi) is 7.22. The summed E-state index contributed by atoms with van der Waals surface area (Å²) < 4.78 is 10.8. The van der Waals surface area contributed by atoms with Crippen molar-refractivity contribution in [1.29, 1.82) is 0 Å². The van der Waals surface area contributed by atoms with Gasteiger partial charge in [-0.15, -0.1) is 0 Å². The topological polar surface area (TPSA) is 47.6 Å². The van der Waals surface area contributed by atoms with E-state index in [0.717, 1.165) is 11.3 Å². The van der Waals surface area contributed by atoms with E-state index in [4.69, 9.17) is 32.7 Å². The molecule has 1 N–H and O–H groups in total. The highest BCUT2D eigenvalue weighted by molar-refractivity contribution is 6.35. The van der Waals surface area contributed by atoms with Crippen LogP contribution in [0.4, 0.5) is 0 Å². The van der Waals surface area contributed by atoms with Crippen LogP contribution < -0.4 is 14.8 Å². The molecule has 0 heterocycles. The van der Waals surface area contributed by atoms with Crippen LogP contribution in [0.1, 0.15) is 18.4 Å². The molecular weight excluding hydrogens is 349 g/mol. The smallest absolute Gasteiger partial charge is 0.220 e. The highest BCUT2D eigenvalue weighted by Gasteiger charge is 2.06. The van der Waals surface area contributed by atoms with Crippen molar-refractivity contribution in [3.05, 3.63) is 58.1 Å². The number of halogens is 2. The Morgan fingerprint density at radius 2 is 1.92 bits per heavy atom. The number of ether oxygens (including phenoxy) is 2. The van der Waals surface area contributed by atoms with Crippen LogP contribution in [0.5, 0.6) is 11.5 Å². The zero-order chi connectivity index (χ0) is 17.4. The summed E-state index contributed by atoms with van der Waals surface area (Å²) in [6.07, 6.45) is 0.969. The van der Waals surface area contributed by atoms with Gasteiger partial charge in [0.2, 0.25) is 5.91 Å². The second-order valence-corrected chi connectivity index (χ2v) is 5.96. The van der Waals surface area contributed by atoms with Gasteiger partial charge in [0.15, 0.2) is 0 Å². The first-order valence-electron chi connectivity index (χ1n) is 7.56. The number of amides is 1. The van der Waals surface area contributed by atoms with Crippen LogP contribution in [0.15, 0.2) is 42.5 Å². The number of carbonyl (C=O) groups is 1. The van der Waals surface area contributed by atoms with Crippen molar-refractivity contribution in [1.82, 2.24) is 5.32 Å². The monoisotopic (exact) mass is 367 g/mol. The second kappa shape index (κ2) is 9.40. The Morgan fingerprint density at radius 1 is 1.12 bits per heavy atom. The first-order valence-corrected chi connectivity index (χ1v) is 8.32. The van der Waals surface area contributed by atoms with Crippen molar-refractivity contribution in [2.45, 2.75) is 19.4 Å². The molecule has 0 spiro atoms. The number of para-hydroxylation sites is 1. The summed E-state index contributed by atoms with van der Waals surface area (Å²) in [6, 6.07) is 12.6. The molecule has 0 atom stereocenters. The molecule has 0 saturated heterocycles. The lowest BCUT2D eigenvalue weighted by atomic mass is 10.2. The number of benzene rings is 2.